The molecule has 2 aliphatic rings. The molecule has 1 fully saturated rings. The van der Waals surface area contributed by atoms with Crippen LogP contribution in [0.1, 0.15) is 30.0 Å². The largest absolute Gasteiger partial charge is 0.507 e. The molecule has 1 atom stereocenters. The monoisotopic (exact) mass is 434 g/mol. The van der Waals surface area contributed by atoms with E-state index in [-0.39, 0.29) is 17.9 Å². The number of aliphatic hydroxyl groups excluding tert-OH is 1. The van der Waals surface area contributed by atoms with Gasteiger partial charge in [-0.3, -0.25) is 14.4 Å². The minimum Gasteiger partial charge on any atom is -0.507 e. The number of likely N-dealkylation sites (N-methyl/N-ethyl adjacent to an activating group) is 1. The molecule has 1 N–H and O–H groups in total. The molecule has 2 amide bonds. The second kappa shape index (κ2) is 8.24. The van der Waals surface area contributed by atoms with Gasteiger partial charge in [0.1, 0.15) is 5.76 Å². The van der Waals surface area contributed by atoms with Crippen LogP contribution in [0.4, 0.5) is 5.69 Å². The number of benzene rings is 2. The van der Waals surface area contributed by atoms with Crippen LogP contribution in [0.25, 0.3) is 5.76 Å². The van der Waals surface area contributed by atoms with E-state index in [9.17, 15) is 19.5 Å². The van der Waals surface area contributed by atoms with Gasteiger partial charge in [0.05, 0.1) is 11.3 Å². The van der Waals surface area contributed by atoms with E-state index in [1.54, 1.807) is 54.5 Å². The molecule has 0 aliphatic carbocycles. The number of Topliss-reactive ketones (excluding diaryl/α,β-unsaturated/α-hetero) is 1. The van der Waals surface area contributed by atoms with E-state index in [0.717, 1.165) is 5.56 Å². The molecule has 0 bridgehead atoms. The third kappa shape index (κ3) is 2.96. The van der Waals surface area contributed by atoms with Crippen LogP contribution < -0.4 is 4.90 Å². The van der Waals surface area contributed by atoms with Crippen LogP contribution in [0.2, 0.25) is 0 Å². The Labute approximate surface area is 186 Å². The summed E-state index contributed by atoms with van der Waals surface area (Å²) in [7, 11) is 1.55. The molecular formula is C25H26N2O5. The molecule has 2 aromatic rings. The van der Waals surface area contributed by atoms with E-state index >= 15 is 0 Å². The van der Waals surface area contributed by atoms with Crippen LogP contribution in [0.5, 0.6) is 0 Å². The first-order chi connectivity index (χ1) is 15.4. The molecule has 2 aromatic carbocycles. The van der Waals surface area contributed by atoms with Gasteiger partial charge in [-0.1, -0.05) is 48.0 Å². The highest BCUT2D eigenvalue weighted by Gasteiger charge is 2.66. The summed E-state index contributed by atoms with van der Waals surface area (Å²) in [4.78, 5) is 43.4. The highest BCUT2D eigenvalue weighted by Crippen LogP contribution is 2.53. The smallest absolute Gasteiger partial charge is 0.296 e. The predicted molar refractivity (Wildman–Crippen MR) is 120 cm³/mol. The van der Waals surface area contributed by atoms with E-state index in [4.69, 9.17) is 4.74 Å². The quantitative estimate of drug-likeness (QED) is 0.327. The van der Waals surface area contributed by atoms with Crippen molar-refractivity contribution >= 4 is 29.0 Å². The first-order valence-corrected chi connectivity index (χ1v) is 10.7. The average Bonchev–Trinajstić information content (AvgIpc) is 3.17. The number of rotatable bonds is 6. The maximum Gasteiger partial charge on any atom is 0.296 e. The van der Waals surface area contributed by atoms with E-state index < -0.39 is 23.1 Å². The molecule has 0 saturated carbocycles. The van der Waals surface area contributed by atoms with Crippen molar-refractivity contribution in [2.24, 2.45) is 0 Å². The lowest BCUT2D eigenvalue weighted by Crippen LogP contribution is -2.52. The first-order valence-electron chi connectivity index (χ1n) is 10.7. The van der Waals surface area contributed by atoms with Crippen molar-refractivity contribution in [2.75, 3.05) is 31.7 Å². The molecule has 0 aromatic heterocycles. The van der Waals surface area contributed by atoms with Gasteiger partial charge in [0.15, 0.2) is 5.54 Å². The fourth-order valence-corrected chi connectivity index (χ4v) is 4.70. The Bertz CT molecular complexity index is 1120. The molecule has 1 saturated heterocycles. The number of para-hydroxylation sites is 1. The first kappa shape index (κ1) is 21.8. The van der Waals surface area contributed by atoms with Crippen LogP contribution in [0.3, 0.4) is 0 Å². The Morgan fingerprint density at radius 1 is 1.06 bits per heavy atom. The van der Waals surface area contributed by atoms with Crippen molar-refractivity contribution in [1.82, 2.24) is 4.90 Å². The van der Waals surface area contributed by atoms with E-state index in [0.29, 0.717) is 36.4 Å². The maximum absolute atomic E-state index is 14.0. The van der Waals surface area contributed by atoms with Crippen LogP contribution in [0, 0.1) is 6.92 Å². The fourth-order valence-electron chi connectivity index (χ4n) is 4.70. The summed E-state index contributed by atoms with van der Waals surface area (Å²) in [6, 6.07) is 14.1. The third-order valence-electron chi connectivity index (χ3n) is 6.18. The fraction of sp³-hybridized carbons (Fsp3) is 0.320. The normalized spacial score (nSPS) is 21.7. The topological polar surface area (TPSA) is 87.2 Å². The molecule has 1 unspecified atom stereocenters. The van der Waals surface area contributed by atoms with E-state index in [1.807, 2.05) is 19.9 Å². The molecular weight excluding hydrogens is 408 g/mol. The van der Waals surface area contributed by atoms with Gasteiger partial charge in [-0.05, 0) is 26.3 Å². The second-order valence-electron chi connectivity index (χ2n) is 8.00. The molecule has 1 spiro atoms. The highest BCUT2D eigenvalue weighted by molar-refractivity contribution is 6.50. The number of carbonyl (C=O) groups excluding carboxylic acids is 3. The Morgan fingerprint density at radius 2 is 1.75 bits per heavy atom. The lowest BCUT2D eigenvalue weighted by Gasteiger charge is -2.34. The van der Waals surface area contributed by atoms with Crippen LogP contribution in [0.15, 0.2) is 54.1 Å². The van der Waals surface area contributed by atoms with Gasteiger partial charge in [0.2, 0.25) is 0 Å². The number of aliphatic hydroxyl groups is 1. The molecule has 2 heterocycles. The van der Waals surface area contributed by atoms with Crippen LogP contribution >= 0.6 is 0 Å². The number of nitrogens with zero attached hydrogens (tertiary/aromatic N) is 2. The number of hydrogen-bond acceptors (Lipinski definition) is 5. The number of hydrogen-bond donors (Lipinski definition) is 1. The Kier molecular flexibility index (Phi) is 5.60. The molecule has 32 heavy (non-hydrogen) atoms. The predicted octanol–water partition coefficient (Wildman–Crippen LogP) is 2.97. The SMILES string of the molecule is CCN1C(=O)C2(/C(=C(\O)c3ccc(C)cc3)C(=O)C(=O)N2CCCOC)c2ccccc21. The summed E-state index contributed by atoms with van der Waals surface area (Å²) in [5.41, 5.74) is 0.632. The lowest BCUT2D eigenvalue weighted by molar-refractivity contribution is -0.143. The zero-order valence-corrected chi connectivity index (χ0v) is 18.4. The maximum atomic E-state index is 14.0. The molecule has 7 nitrogen and oxygen atoms in total. The summed E-state index contributed by atoms with van der Waals surface area (Å²) in [5, 5.41) is 11.3. The van der Waals surface area contributed by atoms with E-state index in [1.165, 1.54) is 4.90 Å². The van der Waals surface area contributed by atoms with Crippen LogP contribution in [-0.4, -0.2) is 54.4 Å². The van der Waals surface area contributed by atoms with E-state index in [2.05, 4.69) is 0 Å². The van der Waals surface area contributed by atoms with Crippen molar-refractivity contribution < 1.29 is 24.2 Å². The zero-order chi connectivity index (χ0) is 23.0. The average molecular weight is 434 g/mol. The number of ether oxygens (including phenoxy) is 1. The summed E-state index contributed by atoms with van der Waals surface area (Å²) in [6.07, 6.45) is 0.442. The number of carbonyl (C=O) groups is 3. The van der Waals surface area contributed by atoms with Gasteiger partial charge in [0, 0.05) is 37.9 Å². The standard InChI is InChI=1S/C25H26N2O5/c1-4-26-19-9-6-5-8-18(19)25(24(26)31)20(21(28)17-12-10-16(2)11-13-17)22(29)23(30)27(25)14-7-15-32-3/h5-6,8-13,28H,4,7,14-15H2,1-3H3/b21-20-. The van der Waals surface area contributed by atoms with Gasteiger partial charge in [-0.25, -0.2) is 0 Å². The Balaban J connectivity index is 2.02. The Morgan fingerprint density at radius 3 is 2.41 bits per heavy atom. The van der Waals surface area contributed by atoms with Crippen molar-refractivity contribution in [1.29, 1.82) is 0 Å². The van der Waals surface area contributed by atoms with Crippen molar-refractivity contribution in [2.45, 2.75) is 25.8 Å². The molecule has 0 radical (unpaired) electrons. The number of ketones is 1. The van der Waals surface area contributed by atoms with Crippen molar-refractivity contribution in [3.63, 3.8) is 0 Å². The number of likely N-dealkylation sites (tertiary alicyclic amines) is 1. The minimum absolute atomic E-state index is 0.140. The Hall–Kier alpha value is -3.45. The van der Waals surface area contributed by atoms with Crippen LogP contribution in [-0.2, 0) is 24.7 Å². The number of amides is 2. The number of anilines is 1. The van der Waals surface area contributed by atoms with Gasteiger partial charge in [-0.2, -0.15) is 0 Å². The number of fused-ring (bicyclic) bond motifs is 2. The van der Waals surface area contributed by atoms with Gasteiger partial charge >= 0.3 is 0 Å². The minimum atomic E-state index is -1.70. The summed E-state index contributed by atoms with van der Waals surface area (Å²) in [5.74, 6) is -2.41. The van der Waals surface area contributed by atoms with Crippen molar-refractivity contribution in [3.05, 3.63) is 70.8 Å². The number of aryl methyl sites for hydroxylation is 1. The molecule has 2 aliphatic heterocycles. The summed E-state index contributed by atoms with van der Waals surface area (Å²) < 4.78 is 5.13. The lowest BCUT2D eigenvalue weighted by atomic mass is 9.81. The zero-order valence-electron chi connectivity index (χ0n) is 18.4. The highest BCUT2D eigenvalue weighted by atomic mass is 16.5. The molecule has 7 heteroatoms. The van der Waals surface area contributed by atoms with Gasteiger partial charge in [0.25, 0.3) is 17.6 Å². The number of methoxy groups -OCH3 is 1. The summed E-state index contributed by atoms with van der Waals surface area (Å²) >= 11 is 0. The third-order valence-corrected chi connectivity index (χ3v) is 6.18. The summed E-state index contributed by atoms with van der Waals surface area (Å²) in [6.45, 7) is 4.62. The molecule has 166 valence electrons. The van der Waals surface area contributed by atoms with Gasteiger partial charge in [-0.15, -0.1) is 0 Å². The van der Waals surface area contributed by atoms with Crippen molar-refractivity contribution in [3.8, 4) is 0 Å². The van der Waals surface area contributed by atoms with Gasteiger partial charge < -0.3 is 19.6 Å². The second-order valence-corrected chi connectivity index (χ2v) is 8.00. The molecule has 4 rings (SSSR count).